The van der Waals surface area contributed by atoms with Crippen LogP contribution < -0.4 is 0 Å². The Bertz CT molecular complexity index is 272. The summed E-state index contributed by atoms with van der Waals surface area (Å²) in [5, 5.41) is -0.0831. The zero-order valence-electron chi connectivity index (χ0n) is 7.18. The van der Waals surface area contributed by atoms with Crippen LogP contribution in [0.25, 0.3) is 0 Å². The molecule has 0 N–H and O–H groups in total. The fourth-order valence-corrected chi connectivity index (χ4v) is 1.78. The predicted octanol–water partition coefficient (Wildman–Crippen LogP) is 2.55. The molecule has 1 rings (SSSR count). The maximum Gasteiger partial charge on any atom is 0.193 e. The molecule has 0 spiro atoms. The summed E-state index contributed by atoms with van der Waals surface area (Å²) in [7, 11) is 0. The van der Waals surface area contributed by atoms with E-state index in [-0.39, 0.29) is 11.0 Å². The van der Waals surface area contributed by atoms with Gasteiger partial charge in [-0.3, -0.25) is 4.79 Å². The number of rotatable bonds is 4. The lowest BCUT2D eigenvalue weighted by molar-refractivity contribution is -0.112. The Hall–Kier alpha value is -0.410. The van der Waals surface area contributed by atoms with Gasteiger partial charge in [0.15, 0.2) is 5.12 Å². The molecule has 0 amide bonds. The Kier molecular flexibility index (Phi) is 4.39. The van der Waals surface area contributed by atoms with Crippen molar-refractivity contribution in [2.45, 2.75) is 12.3 Å². The van der Waals surface area contributed by atoms with E-state index in [0.29, 0.717) is 5.75 Å². The van der Waals surface area contributed by atoms with Crippen molar-refractivity contribution in [1.29, 1.82) is 0 Å². The molecule has 0 bridgehead atoms. The maximum atomic E-state index is 11.2. The molecular formula is C10H12OS2. The molecule has 0 saturated carbocycles. The van der Waals surface area contributed by atoms with Crippen LogP contribution in [0, 0.1) is 0 Å². The molecule has 1 nitrogen and oxygen atoms in total. The molecule has 1 atom stereocenters. The molecule has 1 unspecified atom stereocenters. The van der Waals surface area contributed by atoms with Crippen LogP contribution in [-0.2, 0) is 4.79 Å². The van der Waals surface area contributed by atoms with E-state index < -0.39 is 0 Å². The molecule has 0 fully saturated rings. The Balaban J connectivity index is 2.82. The average molecular weight is 212 g/mol. The molecule has 1 aromatic rings. The highest BCUT2D eigenvalue weighted by Crippen LogP contribution is 2.22. The first-order valence-corrected chi connectivity index (χ1v) is 5.22. The minimum Gasteiger partial charge on any atom is -0.287 e. The standard InChI is InChI=1S/C10H12OS2/c11-10(13)9(6-7-12)8-4-2-1-3-5-8/h1-5,9,12H,6-7H2,(H,11,13). The van der Waals surface area contributed by atoms with Crippen LogP contribution in [0.1, 0.15) is 17.9 Å². The fourth-order valence-electron chi connectivity index (χ4n) is 1.25. The average Bonchev–Trinajstić information content (AvgIpc) is 2.15. The summed E-state index contributed by atoms with van der Waals surface area (Å²) in [5.41, 5.74) is 1.02. The smallest absolute Gasteiger partial charge is 0.193 e. The molecule has 0 heterocycles. The lowest BCUT2D eigenvalue weighted by Crippen LogP contribution is -2.07. The van der Waals surface area contributed by atoms with E-state index in [2.05, 4.69) is 25.3 Å². The van der Waals surface area contributed by atoms with Gasteiger partial charge in [0.05, 0.1) is 5.92 Å². The van der Waals surface area contributed by atoms with Gasteiger partial charge in [0.1, 0.15) is 0 Å². The second-order valence-electron chi connectivity index (χ2n) is 2.81. The Morgan fingerprint density at radius 3 is 2.38 bits per heavy atom. The third-order valence-electron chi connectivity index (χ3n) is 1.92. The Morgan fingerprint density at radius 1 is 1.31 bits per heavy atom. The highest BCUT2D eigenvalue weighted by Gasteiger charge is 2.15. The number of carbonyl (C=O) groups is 1. The van der Waals surface area contributed by atoms with Gasteiger partial charge in [0.2, 0.25) is 0 Å². The third-order valence-corrected chi connectivity index (χ3v) is 2.49. The van der Waals surface area contributed by atoms with Crippen LogP contribution in [0.4, 0.5) is 0 Å². The maximum absolute atomic E-state index is 11.2. The first kappa shape index (κ1) is 10.7. The highest BCUT2D eigenvalue weighted by atomic mass is 32.1. The fraction of sp³-hybridized carbons (Fsp3) is 0.300. The van der Waals surface area contributed by atoms with Crippen molar-refractivity contribution >= 4 is 30.4 Å². The molecule has 0 radical (unpaired) electrons. The molecule has 0 saturated heterocycles. The lowest BCUT2D eigenvalue weighted by Gasteiger charge is -2.11. The summed E-state index contributed by atoms with van der Waals surface area (Å²) < 4.78 is 0. The van der Waals surface area contributed by atoms with Crippen LogP contribution in [0.15, 0.2) is 30.3 Å². The topological polar surface area (TPSA) is 17.1 Å². The lowest BCUT2D eigenvalue weighted by atomic mass is 9.98. The molecule has 3 heteroatoms. The molecule has 0 aliphatic rings. The van der Waals surface area contributed by atoms with Gasteiger partial charge in [0.25, 0.3) is 0 Å². The number of benzene rings is 1. The van der Waals surface area contributed by atoms with Gasteiger partial charge in [-0.25, -0.2) is 0 Å². The first-order valence-electron chi connectivity index (χ1n) is 4.14. The van der Waals surface area contributed by atoms with E-state index in [9.17, 15) is 4.79 Å². The molecule has 1 aromatic carbocycles. The van der Waals surface area contributed by atoms with E-state index in [1.807, 2.05) is 30.3 Å². The van der Waals surface area contributed by atoms with Gasteiger partial charge < -0.3 is 0 Å². The van der Waals surface area contributed by atoms with Crippen LogP contribution >= 0.6 is 25.3 Å². The quantitative estimate of drug-likeness (QED) is 0.734. The van der Waals surface area contributed by atoms with Crippen molar-refractivity contribution in [2.75, 3.05) is 5.75 Å². The number of thiol groups is 2. The molecule has 13 heavy (non-hydrogen) atoms. The Labute approximate surface area is 89.4 Å². The van der Waals surface area contributed by atoms with Gasteiger partial charge in [-0.2, -0.15) is 12.6 Å². The largest absolute Gasteiger partial charge is 0.287 e. The Morgan fingerprint density at radius 2 is 1.92 bits per heavy atom. The minimum absolute atomic E-state index is 0.0831. The van der Waals surface area contributed by atoms with Crippen LogP contribution in [-0.4, -0.2) is 10.9 Å². The highest BCUT2D eigenvalue weighted by molar-refractivity contribution is 7.96. The first-order chi connectivity index (χ1) is 6.25. The molecule has 0 aliphatic carbocycles. The number of hydrogen-bond acceptors (Lipinski definition) is 2. The van der Waals surface area contributed by atoms with Gasteiger partial charge in [-0.1, -0.05) is 30.3 Å². The summed E-state index contributed by atoms with van der Waals surface area (Å²) in [6.45, 7) is 0. The van der Waals surface area contributed by atoms with Crippen molar-refractivity contribution in [3.8, 4) is 0 Å². The molecule has 70 valence electrons. The third kappa shape index (κ3) is 3.08. The van der Waals surface area contributed by atoms with Crippen LogP contribution in [0.2, 0.25) is 0 Å². The molecule has 0 aliphatic heterocycles. The minimum atomic E-state index is -0.109. The van der Waals surface area contributed by atoms with E-state index in [1.54, 1.807) is 0 Å². The SMILES string of the molecule is O=C(S)C(CCS)c1ccccc1. The zero-order valence-corrected chi connectivity index (χ0v) is 8.97. The summed E-state index contributed by atoms with van der Waals surface area (Å²) in [6.07, 6.45) is 0.745. The summed E-state index contributed by atoms with van der Waals surface area (Å²) in [4.78, 5) is 11.2. The monoisotopic (exact) mass is 212 g/mol. The van der Waals surface area contributed by atoms with Crippen molar-refractivity contribution in [2.24, 2.45) is 0 Å². The second-order valence-corrected chi connectivity index (χ2v) is 3.70. The summed E-state index contributed by atoms with van der Waals surface area (Å²) in [6, 6.07) is 9.68. The second kappa shape index (κ2) is 5.35. The van der Waals surface area contributed by atoms with E-state index in [1.165, 1.54) is 0 Å². The summed E-state index contributed by atoms with van der Waals surface area (Å²) in [5.74, 6) is 0.591. The van der Waals surface area contributed by atoms with E-state index >= 15 is 0 Å². The van der Waals surface area contributed by atoms with Crippen LogP contribution in [0.3, 0.4) is 0 Å². The van der Waals surface area contributed by atoms with Crippen molar-refractivity contribution < 1.29 is 4.79 Å². The molecule has 0 aromatic heterocycles. The van der Waals surface area contributed by atoms with Crippen LogP contribution in [0.5, 0.6) is 0 Å². The van der Waals surface area contributed by atoms with E-state index in [0.717, 1.165) is 12.0 Å². The van der Waals surface area contributed by atoms with Gasteiger partial charge in [-0.05, 0) is 17.7 Å². The zero-order chi connectivity index (χ0) is 9.68. The normalized spacial score (nSPS) is 12.5. The van der Waals surface area contributed by atoms with E-state index in [4.69, 9.17) is 0 Å². The number of carbonyl (C=O) groups excluding carboxylic acids is 1. The van der Waals surface area contributed by atoms with Crippen molar-refractivity contribution in [3.63, 3.8) is 0 Å². The summed E-state index contributed by atoms with van der Waals surface area (Å²) >= 11 is 7.98. The number of hydrogen-bond donors (Lipinski definition) is 2. The molecular weight excluding hydrogens is 200 g/mol. The van der Waals surface area contributed by atoms with Gasteiger partial charge >= 0.3 is 0 Å². The van der Waals surface area contributed by atoms with Gasteiger partial charge in [0, 0.05) is 0 Å². The predicted molar refractivity (Wildman–Crippen MR) is 61.6 cm³/mol. The van der Waals surface area contributed by atoms with Crippen molar-refractivity contribution in [1.82, 2.24) is 0 Å². The van der Waals surface area contributed by atoms with Gasteiger partial charge in [-0.15, -0.1) is 12.6 Å². The van der Waals surface area contributed by atoms with Crippen molar-refractivity contribution in [3.05, 3.63) is 35.9 Å².